The van der Waals surface area contributed by atoms with Gasteiger partial charge in [0, 0.05) is 26.2 Å². The van der Waals surface area contributed by atoms with Gasteiger partial charge in [-0.3, -0.25) is 4.99 Å². The molecule has 0 heterocycles. The van der Waals surface area contributed by atoms with E-state index in [2.05, 4.69) is 74.4 Å². The maximum Gasteiger partial charge on any atom is 0.194 e. The van der Waals surface area contributed by atoms with Gasteiger partial charge in [0.15, 0.2) is 5.96 Å². The van der Waals surface area contributed by atoms with E-state index in [1.54, 1.807) is 0 Å². The zero-order valence-corrected chi connectivity index (χ0v) is 15.3. The van der Waals surface area contributed by atoms with Gasteiger partial charge in [-0.1, -0.05) is 24.3 Å². The minimum atomic E-state index is 0.565. The van der Waals surface area contributed by atoms with Gasteiger partial charge in [0.25, 0.3) is 0 Å². The number of rotatable bonds is 7. The van der Waals surface area contributed by atoms with Gasteiger partial charge in [-0.05, 0) is 57.8 Å². The second kappa shape index (κ2) is 8.34. The lowest BCUT2D eigenvalue weighted by molar-refractivity contribution is 0.270. The molecule has 4 nitrogen and oxygen atoms in total. The Hall–Kier alpha value is -1.55. The summed E-state index contributed by atoms with van der Waals surface area (Å²) in [5, 5.41) is 3.43. The molecule has 0 bridgehead atoms. The van der Waals surface area contributed by atoms with Crippen LogP contribution in [0.25, 0.3) is 0 Å². The number of aliphatic imine (C=N–C) groups is 1. The van der Waals surface area contributed by atoms with Crippen LogP contribution in [0.1, 0.15) is 30.9 Å². The first-order valence-corrected chi connectivity index (χ1v) is 8.73. The van der Waals surface area contributed by atoms with E-state index in [4.69, 9.17) is 4.99 Å². The van der Waals surface area contributed by atoms with E-state index in [0.717, 1.165) is 31.5 Å². The van der Waals surface area contributed by atoms with Crippen molar-refractivity contribution >= 4 is 5.96 Å². The fraction of sp³-hybridized carbons (Fsp3) is 0.632. The number of hydrogen-bond acceptors (Lipinski definition) is 2. The number of nitrogens with zero attached hydrogens (tertiary/aromatic N) is 3. The Kier molecular flexibility index (Phi) is 6.46. The predicted molar refractivity (Wildman–Crippen MR) is 98.8 cm³/mol. The van der Waals surface area contributed by atoms with Crippen molar-refractivity contribution in [3.8, 4) is 0 Å². The lowest BCUT2D eigenvalue weighted by Crippen LogP contribution is -2.40. The molecule has 0 spiro atoms. The highest BCUT2D eigenvalue weighted by Crippen LogP contribution is 2.34. The highest BCUT2D eigenvalue weighted by atomic mass is 15.3. The first-order chi connectivity index (χ1) is 11.0. The summed E-state index contributed by atoms with van der Waals surface area (Å²) in [6.45, 7) is 6.95. The number of guanidine groups is 1. The maximum atomic E-state index is 4.91. The van der Waals surface area contributed by atoms with Crippen LogP contribution in [0, 0.1) is 12.8 Å². The lowest BCUT2D eigenvalue weighted by Gasteiger charge is -2.26. The van der Waals surface area contributed by atoms with Crippen LogP contribution in [0.15, 0.2) is 29.3 Å². The van der Waals surface area contributed by atoms with Crippen LogP contribution in [-0.4, -0.2) is 56.0 Å². The Morgan fingerprint density at radius 1 is 1.26 bits per heavy atom. The SMILES string of the molecule is CCNC(=NCC(C1CC1)N(C)C)N(C)Cc1ccccc1C. The largest absolute Gasteiger partial charge is 0.357 e. The van der Waals surface area contributed by atoms with Crippen LogP contribution in [0.2, 0.25) is 0 Å². The van der Waals surface area contributed by atoms with Crippen molar-refractivity contribution in [1.82, 2.24) is 15.1 Å². The molecule has 0 aromatic heterocycles. The van der Waals surface area contributed by atoms with E-state index < -0.39 is 0 Å². The maximum absolute atomic E-state index is 4.91. The van der Waals surface area contributed by atoms with Crippen molar-refractivity contribution in [2.75, 3.05) is 34.2 Å². The average Bonchev–Trinajstić information content (AvgIpc) is 3.33. The molecule has 2 rings (SSSR count). The van der Waals surface area contributed by atoms with Crippen LogP contribution in [0.5, 0.6) is 0 Å². The van der Waals surface area contributed by atoms with Crippen LogP contribution < -0.4 is 5.32 Å². The van der Waals surface area contributed by atoms with E-state index in [0.29, 0.717) is 6.04 Å². The van der Waals surface area contributed by atoms with E-state index in [1.165, 1.54) is 24.0 Å². The molecule has 1 atom stereocenters. The summed E-state index contributed by atoms with van der Waals surface area (Å²) in [6.07, 6.45) is 2.71. The molecule has 23 heavy (non-hydrogen) atoms. The molecule has 1 N–H and O–H groups in total. The van der Waals surface area contributed by atoms with Crippen molar-refractivity contribution in [2.24, 2.45) is 10.9 Å². The molecule has 0 amide bonds. The van der Waals surface area contributed by atoms with Gasteiger partial charge >= 0.3 is 0 Å². The number of nitrogens with one attached hydrogen (secondary N) is 1. The molecule has 1 aromatic carbocycles. The minimum Gasteiger partial charge on any atom is -0.357 e. The highest BCUT2D eigenvalue weighted by molar-refractivity contribution is 5.79. The molecule has 1 aromatic rings. The molecule has 1 unspecified atom stereocenters. The van der Waals surface area contributed by atoms with Crippen molar-refractivity contribution in [1.29, 1.82) is 0 Å². The number of likely N-dealkylation sites (N-methyl/N-ethyl adjacent to an activating group) is 1. The summed E-state index contributed by atoms with van der Waals surface area (Å²) in [6, 6.07) is 9.13. The second-order valence-corrected chi connectivity index (χ2v) is 6.85. The molecule has 128 valence electrons. The summed E-state index contributed by atoms with van der Waals surface area (Å²) in [5.74, 6) is 1.83. The Morgan fingerprint density at radius 2 is 1.96 bits per heavy atom. The van der Waals surface area contributed by atoms with Crippen LogP contribution in [-0.2, 0) is 6.54 Å². The van der Waals surface area contributed by atoms with E-state index in [1.807, 2.05) is 0 Å². The van der Waals surface area contributed by atoms with Crippen molar-refractivity contribution in [3.05, 3.63) is 35.4 Å². The van der Waals surface area contributed by atoms with Gasteiger partial charge in [-0.2, -0.15) is 0 Å². The van der Waals surface area contributed by atoms with Gasteiger partial charge in [0.1, 0.15) is 0 Å². The summed E-state index contributed by atoms with van der Waals surface area (Å²) in [7, 11) is 6.46. The molecule has 0 radical (unpaired) electrons. The van der Waals surface area contributed by atoms with Gasteiger partial charge < -0.3 is 15.1 Å². The third kappa shape index (κ3) is 5.24. The fourth-order valence-electron chi connectivity index (χ4n) is 2.98. The van der Waals surface area contributed by atoms with Gasteiger partial charge in [-0.25, -0.2) is 0 Å². The molecule has 1 fully saturated rings. The van der Waals surface area contributed by atoms with Crippen LogP contribution in [0.3, 0.4) is 0 Å². The zero-order chi connectivity index (χ0) is 16.8. The molecule has 4 heteroatoms. The minimum absolute atomic E-state index is 0.565. The third-order valence-electron chi connectivity index (χ3n) is 4.62. The molecule has 0 aliphatic heterocycles. The van der Waals surface area contributed by atoms with E-state index in [9.17, 15) is 0 Å². The molecule has 1 aliphatic carbocycles. The number of hydrogen-bond donors (Lipinski definition) is 1. The molecule has 1 saturated carbocycles. The van der Waals surface area contributed by atoms with E-state index in [-0.39, 0.29) is 0 Å². The highest BCUT2D eigenvalue weighted by Gasteiger charge is 2.32. The fourth-order valence-corrected chi connectivity index (χ4v) is 2.98. The zero-order valence-electron chi connectivity index (χ0n) is 15.3. The van der Waals surface area contributed by atoms with Crippen LogP contribution in [0.4, 0.5) is 0 Å². The first kappa shape index (κ1) is 17.8. The number of aryl methyl sites for hydroxylation is 1. The Labute approximate surface area is 141 Å². The second-order valence-electron chi connectivity index (χ2n) is 6.85. The molecular weight excluding hydrogens is 284 g/mol. The average molecular weight is 316 g/mol. The number of benzene rings is 1. The summed E-state index contributed by atoms with van der Waals surface area (Å²) < 4.78 is 0. The topological polar surface area (TPSA) is 30.9 Å². The smallest absolute Gasteiger partial charge is 0.194 e. The molecule has 1 aliphatic rings. The standard InChI is InChI=1S/C19H32N4/c1-6-20-19(21-13-18(22(3)4)16-11-12-16)23(5)14-17-10-8-7-9-15(17)2/h7-10,16,18H,6,11-14H2,1-5H3,(H,20,21). The summed E-state index contributed by atoms with van der Waals surface area (Å²) in [5.41, 5.74) is 2.69. The van der Waals surface area contributed by atoms with Gasteiger partial charge in [-0.15, -0.1) is 0 Å². The van der Waals surface area contributed by atoms with Crippen molar-refractivity contribution < 1.29 is 0 Å². The van der Waals surface area contributed by atoms with E-state index >= 15 is 0 Å². The van der Waals surface area contributed by atoms with Crippen molar-refractivity contribution in [3.63, 3.8) is 0 Å². The quantitative estimate of drug-likeness (QED) is 0.620. The first-order valence-electron chi connectivity index (χ1n) is 8.73. The normalized spacial score (nSPS) is 16.5. The van der Waals surface area contributed by atoms with Gasteiger partial charge in [0.05, 0.1) is 6.54 Å². The molecule has 0 saturated heterocycles. The monoisotopic (exact) mass is 316 g/mol. The lowest BCUT2D eigenvalue weighted by atomic mass is 10.1. The molecular formula is C19H32N4. The van der Waals surface area contributed by atoms with Gasteiger partial charge in [0.2, 0.25) is 0 Å². The predicted octanol–water partition coefficient (Wildman–Crippen LogP) is 2.73. The van der Waals surface area contributed by atoms with Crippen LogP contribution >= 0.6 is 0 Å². The Bertz CT molecular complexity index is 518. The Morgan fingerprint density at radius 3 is 2.52 bits per heavy atom. The summed E-state index contributed by atoms with van der Waals surface area (Å²) in [4.78, 5) is 9.46. The Balaban J connectivity index is 2.03. The van der Waals surface area contributed by atoms with Crippen molar-refractivity contribution in [2.45, 2.75) is 39.3 Å². The third-order valence-corrected chi connectivity index (χ3v) is 4.62. The summed E-state index contributed by atoms with van der Waals surface area (Å²) >= 11 is 0.